The molecule has 0 heterocycles. The van der Waals surface area contributed by atoms with Gasteiger partial charge in [0.1, 0.15) is 0 Å². The van der Waals surface area contributed by atoms with E-state index in [1.807, 2.05) is 19.9 Å². The first kappa shape index (κ1) is 15.2. The first-order valence-corrected chi connectivity index (χ1v) is 7.88. The summed E-state index contributed by atoms with van der Waals surface area (Å²) >= 11 is 0. The summed E-state index contributed by atoms with van der Waals surface area (Å²) in [6.07, 6.45) is 4.03. The van der Waals surface area contributed by atoms with Crippen LogP contribution in [0.4, 0.5) is 0 Å². The summed E-state index contributed by atoms with van der Waals surface area (Å²) in [5.41, 5.74) is 3.14. The number of hydrogen-bond acceptors (Lipinski definition) is 2. The van der Waals surface area contributed by atoms with Crippen LogP contribution in [-0.2, 0) is 0 Å². The maximum absolute atomic E-state index is 12.8. The molecule has 0 spiro atoms. The van der Waals surface area contributed by atoms with Gasteiger partial charge in [-0.3, -0.25) is 9.69 Å². The van der Waals surface area contributed by atoms with Gasteiger partial charge < -0.3 is 0 Å². The van der Waals surface area contributed by atoms with E-state index in [0.717, 1.165) is 35.7 Å². The highest BCUT2D eigenvalue weighted by molar-refractivity contribution is 6.01. The average molecular weight is 273 g/mol. The molecule has 110 valence electrons. The number of benzene rings is 1. The Morgan fingerprint density at radius 3 is 2.60 bits per heavy atom. The molecule has 0 aliphatic heterocycles. The van der Waals surface area contributed by atoms with Crippen molar-refractivity contribution in [2.24, 2.45) is 5.92 Å². The zero-order valence-corrected chi connectivity index (χ0v) is 13.3. The van der Waals surface area contributed by atoms with Gasteiger partial charge in [0.2, 0.25) is 0 Å². The molecular formula is C18H27NO. The van der Waals surface area contributed by atoms with Crippen molar-refractivity contribution in [2.75, 3.05) is 13.1 Å². The van der Waals surface area contributed by atoms with Crippen molar-refractivity contribution in [3.05, 3.63) is 34.9 Å². The highest BCUT2D eigenvalue weighted by atomic mass is 16.1. The normalized spacial score (nSPS) is 17.1. The number of Topliss-reactive ketones (excluding diaryl/α,β-unsaturated/α-hetero) is 1. The van der Waals surface area contributed by atoms with Crippen molar-refractivity contribution in [2.45, 2.75) is 53.0 Å². The first-order valence-electron chi connectivity index (χ1n) is 7.88. The Morgan fingerprint density at radius 1 is 1.35 bits per heavy atom. The van der Waals surface area contributed by atoms with Gasteiger partial charge in [0.05, 0.1) is 6.04 Å². The zero-order valence-electron chi connectivity index (χ0n) is 13.3. The number of rotatable bonds is 6. The lowest BCUT2D eigenvalue weighted by Gasteiger charge is -2.34. The summed E-state index contributed by atoms with van der Waals surface area (Å²) in [4.78, 5) is 15.1. The quantitative estimate of drug-likeness (QED) is 0.730. The second-order valence-corrected chi connectivity index (χ2v) is 6.24. The van der Waals surface area contributed by atoms with Crippen molar-refractivity contribution < 1.29 is 4.79 Å². The van der Waals surface area contributed by atoms with Gasteiger partial charge in [-0.2, -0.15) is 0 Å². The molecule has 1 unspecified atom stereocenters. The number of hydrogen-bond donors (Lipinski definition) is 0. The van der Waals surface area contributed by atoms with E-state index in [4.69, 9.17) is 0 Å². The Morgan fingerprint density at radius 2 is 2.05 bits per heavy atom. The molecule has 1 aliphatic rings. The monoisotopic (exact) mass is 273 g/mol. The number of carbonyl (C=O) groups is 1. The van der Waals surface area contributed by atoms with Gasteiger partial charge in [0.25, 0.3) is 0 Å². The molecule has 2 rings (SSSR count). The van der Waals surface area contributed by atoms with Crippen molar-refractivity contribution in [3.63, 3.8) is 0 Å². The summed E-state index contributed by atoms with van der Waals surface area (Å²) in [5, 5.41) is 0. The van der Waals surface area contributed by atoms with Crippen molar-refractivity contribution in [3.8, 4) is 0 Å². The van der Waals surface area contributed by atoms with Crippen molar-refractivity contribution in [1.29, 1.82) is 0 Å². The fourth-order valence-electron chi connectivity index (χ4n) is 2.96. The van der Waals surface area contributed by atoms with E-state index in [9.17, 15) is 4.79 Å². The lowest BCUT2D eigenvalue weighted by molar-refractivity contribution is 0.0789. The Balaban J connectivity index is 2.11. The maximum atomic E-state index is 12.8. The lowest BCUT2D eigenvalue weighted by atomic mass is 9.84. The number of aryl methyl sites for hydroxylation is 2. The molecule has 0 radical (unpaired) electrons. The SMILES string of the molecule is CCN(CC1CCC1)C(C)C(=O)c1cc(C)ccc1C. The van der Waals surface area contributed by atoms with Crippen LogP contribution in [0.25, 0.3) is 0 Å². The van der Waals surface area contributed by atoms with E-state index in [-0.39, 0.29) is 11.8 Å². The molecule has 1 aromatic rings. The molecule has 1 aliphatic carbocycles. The highest BCUT2D eigenvalue weighted by Gasteiger charge is 2.27. The second-order valence-electron chi connectivity index (χ2n) is 6.24. The van der Waals surface area contributed by atoms with E-state index in [1.54, 1.807) is 0 Å². The molecule has 1 fully saturated rings. The van der Waals surface area contributed by atoms with Gasteiger partial charge in [0.15, 0.2) is 5.78 Å². The number of nitrogens with zero attached hydrogens (tertiary/aromatic N) is 1. The molecule has 0 aromatic heterocycles. The summed E-state index contributed by atoms with van der Waals surface area (Å²) in [7, 11) is 0. The van der Waals surface area contributed by atoms with Crippen LogP contribution in [0.15, 0.2) is 18.2 Å². The van der Waals surface area contributed by atoms with Crippen LogP contribution in [0.5, 0.6) is 0 Å². The summed E-state index contributed by atoms with van der Waals surface area (Å²) in [6.45, 7) is 10.3. The fraction of sp³-hybridized carbons (Fsp3) is 0.611. The third-order valence-corrected chi connectivity index (χ3v) is 4.71. The molecule has 20 heavy (non-hydrogen) atoms. The average Bonchev–Trinajstić information content (AvgIpc) is 2.39. The Kier molecular flexibility index (Phi) is 4.98. The zero-order chi connectivity index (χ0) is 14.7. The number of likely N-dealkylation sites (N-methyl/N-ethyl adjacent to an activating group) is 1. The Bertz CT molecular complexity index is 476. The van der Waals surface area contributed by atoms with E-state index < -0.39 is 0 Å². The van der Waals surface area contributed by atoms with E-state index in [2.05, 4.69) is 30.9 Å². The molecule has 0 N–H and O–H groups in total. The van der Waals surface area contributed by atoms with E-state index >= 15 is 0 Å². The first-order chi connectivity index (χ1) is 9.52. The van der Waals surface area contributed by atoms with Crippen molar-refractivity contribution in [1.82, 2.24) is 4.90 Å². The van der Waals surface area contributed by atoms with Crippen LogP contribution in [0.3, 0.4) is 0 Å². The van der Waals surface area contributed by atoms with Gasteiger partial charge >= 0.3 is 0 Å². The molecule has 1 atom stereocenters. The van der Waals surface area contributed by atoms with Crippen LogP contribution in [0.1, 0.15) is 54.6 Å². The number of carbonyl (C=O) groups excluding carboxylic acids is 1. The molecule has 0 amide bonds. The van der Waals surface area contributed by atoms with Gasteiger partial charge in [-0.1, -0.05) is 31.0 Å². The van der Waals surface area contributed by atoms with Crippen LogP contribution in [0, 0.1) is 19.8 Å². The Hall–Kier alpha value is -1.15. The molecule has 1 aromatic carbocycles. The predicted octanol–water partition coefficient (Wildman–Crippen LogP) is 4.00. The maximum Gasteiger partial charge on any atom is 0.179 e. The van der Waals surface area contributed by atoms with Gasteiger partial charge in [-0.05, 0) is 57.7 Å². The topological polar surface area (TPSA) is 20.3 Å². The summed E-state index contributed by atoms with van der Waals surface area (Å²) in [5.74, 6) is 1.08. The van der Waals surface area contributed by atoms with Gasteiger partial charge in [-0.25, -0.2) is 0 Å². The molecule has 2 heteroatoms. The molecular weight excluding hydrogens is 246 g/mol. The third-order valence-electron chi connectivity index (χ3n) is 4.71. The highest BCUT2D eigenvalue weighted by Crippen LogP contribution is 2.28. The van der Waals surface area contributed by atoms with Crippen LogP contribution in [0.2, 0.25) is 0 Å². The smallest absolute Gasteiger partial charge is 0.179 e. The minimum Gasteiger partial charge on any atom is -0.294 e. The van der Waals surface area contributed by atoms with Crippen LogP contribution in [-0.4, -0.2) is 29.8 Å². The molecule has 1 saturated carbocycles. The second kappa shape index (κ2) is 6.53. The van der Waals surface area contributed by atoms with Gasteiger partial charge in [0, 0.05) is 12.1 Å². The van der Waals surface area contributed by atoms with E-state index in [1.165, 1.54) is 19.3 Å². The predicted molar refractivity (Wildman–Crippen MR) is 84.3 cm³/mol. The summed E-state index contributed by atoms with van der Waals surface area (Å²) in [6, 6.07) is 6.15. The fourth-order valence-corrected chi connectivity index (χ4v) is 2.96. The molecule has 0 saturated heterocycles. The minimum absolute atomic E-state index is 0.0129. The lowest BCUT2D eigenvalue weighted by Crippen LogP contribution is -2.43. The minimum atomic E-state index is -0.0129. The third kappa shape index (κ3) is 3.29. The largest absolute Gasteiger partial charge is 0.294 e. The van der Waals surface area contributed by atoms with E-state index in [0.29, 0.717) is 0 Å². The molecule has 0 bridgehead atoms. The van der Waals surface area contributed by atoms with Crippen LogP contribution < -0.4 is 0 Å². The van der Waals surface area contributed by atoms with Crippen LogP contribution >= 0.6 is 0 Å². The summed E-state index contributed by atoms with van der Waals surface area (Å²) < 4.78 is 0. The molecule has 2 nitrogen and oxygen atoms in total. The Labute approximate surface area is 123 Å². The van der Waals surface area contributed by atoms with Gasteiger partial charge in [-0.15, -0.1) is 0 Å². The standard InChI is InChI=1S/C18H27NO/c1-5-19(12-16-7-6-8-16)15(4)18(20)17-11-13(2)9-10-14(17)3/h9-11,15-16H,5-8,12H2,1-4H3. The van der Waals surface area contributed by atoms with Crippen molar-refractivity contribution >= 4 is 5.78 Å². The number of ketones is 1.